The molecule has 1 aromatic carbocycles. The summed E-state index contributed by atoms with van der Waals surface area (Å²) in [5.41, 5.74) is 3.77. The Morgan fingerprint density at radius 2 is 1.80 bits per heavy atom. The van der Waals surface area contributed by atoms with Gasteiger partial charge in [-0.25, -0.2) is 4.98 Å². The van der Waals surface area contributed by atoms with Gasteiger partial charge in [0.15, 0.2) is 0 Å². The molecule has 1 aromatic heterocycles. The van der Waals surface area contributed by atoms with Crippen LogP contribution in [0.5, 0.6) is 0 Å². The molecule has 102 valence electrons. The van der Waals surface area contributed by atoms with Gasteiger partial charge in [0, 0.05) is 17.7 Å². The number of nitro groups is 1. The van der Waals surface area contributed by atoms with Crippen LogP contribution in [0.3, 0.4) is 0 Å². The zero-order valence-electron chi connectivity index (χ0n) is 11.3. The van der Waals surface area contributed by atoms with E-state index in [-0.39, 0.29) is 10.6 Å². The van der Waals surface area contributed by atoms with Gasteiger partial charge in [-0.05, 0) is 44.4 Å². The first-order chi connectivity index (χ1) is 9.56. The first kappa shape index (κ1) is 13.0. The molecule has 0 saturated carbocycles. The van der Waals surface area contributed by atoms with Gasteiger partial charge in [0.1, 0.15) is 5.01 Å². The van der Waals surface area contributed by atoms with Crippen molar-refractivity contribution in [3.8, 4) is 10.6 Å². The standard InChI is InChI=1S/C15H14N2O2S/c1-9-3-4-10(2)14-13(9)16-15(20-14)11-5-7-12(8-6-11)17(18)19/h5-8H,3-4H2,1-2H3. The highest BCUT2D eigenvalue weighted by Gasteiger charge is 2.12. The van der Waals surface area contributed by atoms with E-state index in [4.69, 9.17) is 4.98 Å². The molecule has 1 aliphatic carbocycles. The Morgan fingerprint density at radius 1 is 1.15 bits per heavy atom. The molecule has 0 radical (unpaired) electrons. The van der Waals surface area contributed by atoms with E-state index in [1.54, 1.807) is 23.5 Å². The summed E-state index contributed by atoms with van der Waals surface area (Å²) in [6, 6.07) is 6.60. The van der Waals surface area contributed by atoms with Crippen LogP contribution in [0.4, 0.5) is 5.69 Å². The first-order valence-corrected chi connectivity index (χ1v) is 7.29. The average molecular weight is 286 g/mol. The fourth-order valence-electron chi connectivity index (χ4n) is 2.35. The highest BCUT2D eigenvalue weighted by molar-refractivity contribution is 7.13. The number of thiazole rings is 1. The lowest BCUT2D eigenvalue weighted by Gasteiger charge is -2.05. The van der Waals surface area contributed by atoms with Gasteiger partial charge in [-0.1, -0.05) is 5.57 Å². The van der Waals surface area contributed by atoms with Crippen molar-refractivity contribution in [1.29, 1.82) is 0 Å². The number of rotatable bonds is 2. The quantitative estimate of drug-likeness (QED) is 0.630. The van der Waals surface area contributed by atoms with E-state index in [1.807, 2.05) is 0 Å². The van der Waals surface area contributed by atoms with Gasteiger partial charge in [0.25, 0.3) is 5.69 Å². The Hall–Kier alpha value is -2.01. The summed E-state index contributed by atoms with van der Waals surface area (Å²) in [4.78, 5) is 15.0. The number of non-ortho nitro benzene ring substituents is 1. The number of fused-ring (bicyclic) bond motifs is 1. The minimum Gasteiger partial charge on any atom is -0.258 e. The molecule has 0 unspecified atom stereocenters. The van der Waals surface area contributed by atoms with Gasteiger partial charge in [0.2, 0.25) is 0 Å². The van der Waals surface area contributed by atoms with Gasteiger partial charge >= 0.3 is 0 Å². The smallest absolute Gasteiger partial charge is 0.258 e. The van der Waals surface area contributed by atoms with E-state index in [0.29, 0.717) is 0 Å². The maximum Gasteiger partial charge on any atom is 0.269 e. The minimum atomic E-state index is -0.382. The molecule has 0 atom stereocenters. The van der Waals surface area contributed by atoms with Crippen LogP contribution in [0.25, 0.3) is 21.7 Å². The second kappa shape index (κ2) is 4.83. The molecular weight excluding hydrogens is 272 g/mol. The molecule has 1 heterocycles. The third-order valence-electron chi connectivity index (χ3n) is 3.62. The van der Waals surface area contributed by atoms with E-state index < -0.39 is 0 Å². The highest BCUT2D eigenvalue weighted by Crippen LogP contribution is 2.23. The maximum atomic E-state index is 10.7. The number of nitro benzene ring substituents is 1. The number of aromatic nitrogens is 1. The van der Waals surface area contributed by atoms with Crippen LogP contribution in [0, 0.1) is 10.1 Å². The molecular formula is C15H14N2O2S. The van der Waals surface area contributed by atoms with E-state index in [2.05, 4.69) is 13.8 Å². The van der Waals surface area contributed by atoms with E-state index in [9.17, 15) is 10.1 Å². The van der Waals surface area contributed by atoms with Crippen molar-refractivity contribution in [1.82, 2.24) is 4.98 Å². The molecule has 5 heteroatoms. The van der Waals surface area contributed by atoms with Gasteiger partial charge in [0.05, 0.1) is 14.8 Å². The van der Waals surface area contributed by atoms with Crippen molar-refractivity contribution in [3.63, 3.8) is 0 Å². The summed E-state index contributed by atoms with van der Waals surface area (Å²) in [6.45, 7) is 4.29. The SMILES string of the molecule is CC1=c2nc(-c3ccc([N+](=O)[O-])cc3)sc2=C(C)CC1. The van der Waals surface area contributed by atoms with Gasteiger partial charge in [-0.3, -0.25) is 10.1 Å². The van der Waals surface area contributed by atoms with Gasteiger partial charge < -0.3 is 0 Å². The number of nitrogens with zero attached hydrogens (tertiary/aromatic N) is 2. The second-order valence-corrected chi connectivity index (χ2v) is 6.06. The Balaban J connectivity index is 2.13. The Labute approximate surface area is 120 Å². The van der Waals surface area contributed by atoms with E-state index in [0.717, 1.165) is 28.8 Å². The summed E-state index contributed by atoms with van der Waals surface area (Å²) in [6.07, 6.45) is 2.17. The van der Waals surface area contributed by atoms with Crippen LogP contribution < -0.4 is 9.88 Å². The van der Waals surface area contributed by atoms with Crippen LogP contribution in [-0.4, -0.2) is 9.91 Å². The molecule has 0 bridgehead atoms. The van der Waals surface area contributed by atoms with E-state index >= 15 is 0 Å². The Morgan fingerprint density at radius 3 is 2.40 bits per heavy atom. The fourth-order valence-corrected chi connectivity index (χ4v) is 3.53. The topological polar surface area (TPSA) is 56.0 Å². The first-order valence-electron chi connectivity index (χ1n) is 6.47. The number of benzene rings is 1. The Kier molecular flexibility index (Phi) is 3.14. The van der Waals surface area contributed by atoms with Crippen molar-refractivity contribution in [2.45, 2.75) is 26.7 Å². The van der Waals surface area contributed by atoms with Crippen LogP contribution in [0.2, 0.25) is 0 Å². The molecule has 0 spiro atoms. The lowest BCUT2D eigenvalue weighted by atomic mass is 10.0. The van der Waals surface area contributed by atoms with Crippen molar-refractivity contribution in [2.24, 2.45) is 0 Å². The van der Waals surface area contributed by atoms with Crippen LogP contribution >= 0.6 is 11.3 Å². The summed E-state index contributed by atoms with van der Waals surface area (Å²) in [7, 11) is 0. The van der Waals surface area contributed by atoms with Crippen LogP contribution in [0.1, 0.15) is 26.7 Å². The van der Waals surface area contributed by atoms with Gasteiger partial charge in [-0.15, -0.1) is 11.3 Å². The Bertz CT molecular complexity index is 764. The molecule has 0 N–H and O–H groups in total. The third kappa shape index (κ3) is 2.14. The lowest BCUT2D eigenvalue weighted by Crippen LogP contribution is -2.28. The van der Waals surface area contributed by atoms with Gasteiger partial charge in [-0.2, -0.15) is 0 Å². The highest BCUT2D eigenvalue weighted by atomic mass is 32.1. The summed E-state index contributed by atoms with van der Waals surface area (Å²) < 4.78 is 1.27. The molecule has 0 fully saturated rings. The zero-order valence-corrected chi connectivity index (χ0v) is 12.2. The number of hydrogen-bond acceptors (Lipinski definition) is 4. The molecule has 0 aliphatic heterocycles. The predicted octanol–water partition coefficient (Wildman–Crippen LogP) is 2.85. The second-order valence-electron chi connectivity index (χ2n) is 5.06. The van der Waals surface area contributed by atoms with Crippen molar-refractivity contribution < 1.29 is 4.92 Å². The van der Waals surface area contributed by atoms with Crippen LogP contribution in [-0.2, 0) is 0 Å². The zero-order chi connectivity index (χ0) is 14.3. The largest absolute Gasteiger partial charge is 0.269 e. The average Bonchev–Trinajstić information content (AvgIpc) is 2.89. The monoisotopic (exact) mass is 286 g/mol. The molecule has 1 aliphatic rings. The molecule has 3 rings (SSSR count). The molecule has 20 heavy (non-hydrogen) atoms. The van der Waals surface area contributed by atoms with Crippen molar-refractivity contribution in [2.75, 3.05) is 0 Å². The lowest BCUT2D eigenvalue weighted by molar-refractivity contribution is -0.384. The molecule has 2 aromatic rings. The molecule has 0 amide bonds. The predicted molar refractivity (Wildman–Crippen MR) is 80.9 cm³/mol. The van der Waals surface area contributed by atoms with Crippen molar-refractivity contribution >= 4 is 28.2 Å². The van der Waals surface area contributed by atoms with Crippen molar-refractivity contribution in [3.05, 3.63) is 44.3 Å². The fraction of sp³-hybridized carbons (Fsp3) is 0.267. The third-order valence-corrected chi connectivity index (χ3v) is 4.89. The normalized spacial score (nSPS) is 14.3. The number of hydrogen-bond donors (Lipinski definition) is 0. The summed E-state index contributed by atoms with van der Waals surface area (Å²) in [5, 5.41) is 12.7. The summed E-state index contributed by atoms with van der Waals surface area (Å²) in [5.74, 6) is 0. The minimum absolute atomic E-state index is 0.112. The van der Waals surface area contributed by atoms with Crippen LogP contribution in [0.15, 0.2) is 24.3 Å². The molecule has 4 nitrogen and oxygen atoms in total. The maximum absolute atomic E-state index is 10.7. The van der Waals surface area contributed by atoms with E-state index in [1.165, 1.54) is 27.8 Å². The summed E-state index contributed by atoms with van der Waals surface area (Å²) >= 11 is 1.68. The molecule has 0 saturated heterocycles.